The number of phenolic OH excluding ortho intramolecular Hbond substituents is 1. The predicted molar refractivity (Wildman–Crippen MR) is 92.0 cm³/mol. The van der Waals surface area contributed by atoms with Gasteiger partial charge in [-0.25, -0.2) is 0 Å². The lowest BCUT2D eigenvalue weighted by molar-refractivity contribution is 0.0498. The number of aromatic hydroxyl groups is 1. The molecule has 1 fully saturated rings. The van der Waals surface area contributed by atoms with Gasteiger partial charge in [-0.2, -0.15) is 0 Å². The van der Waals surface area contributed by atoms with E-state index >= 15 is 0 Å². The van der Waals surface area contributed by atoms with Crippen molar-refractivity contribution < 1.29 is 14.6 Å². The summed E-state index contributed by atoms with van der Waals surface area (Å²) < 4.78 is 7.61. The van der Waals surface area contributed by atoms with E-state index in [9.17, 15) is 9.90 Å². The lowest BCUT2D eigenvalue weighted by Gasteiger charge is -2.26. The molecule has 1 amide bonds. The van der Waals surface area contributed by atoms with Crippen molar-refractivity contribution >= 4 is 5.91 Å². The summed E-state index contributed by atoms with van der Waals surface area (Å²) in [7, 11) is 1.90. The van der Waals surface area contributed by atoms with Crippen molar-refractivity contribution in [2.45, 2.75) is 32.4 Å². The van der Waals surface area contributed by atoms with Crippen molar-refractivity contribution in [3.8, 4) is 5.75 Å². The Morgan fingerprint density at radius 3 is 2.75 bits per heavy atom. The molecular weight excluding hydrogens is 304 g/mol. The number of hydrogen-bond acceptors (Lipinski definition) is 3. The largest absolute Gasteiger partial charge is 0.508 e. The lowest BCUT2D eigenvalue weighted by atomic mass is 10.1. The Hall–Kier alpha value is -2.27. The van der Waals surface area contributed by atoms with Gasteiger partial charge in [0.15, 0.2) is 0 Å². The van der Waals surface area contributed by atoms with Gasteiger partial charge in [-0.15, -0.1) is 0 Å². The van der Waals surface area contributed by atoms with Gasteiger partial charge in [-0.05, 0) is 38.0 Å². The van der Waals surface area contributed by atoms with Crippen LogP contribution in [0, 0.1) is 6.92 Å². The quantitative estimate of drug-likeness (QED) is 0.918. The number of carbonyl (C=O) groups is 1. The Balaban J connectivity index is 1.85. The highest BCUT2D eigenvalue weighted by Gasteiger charge is 2.25. The van der Waals surface area contributed by atoms with Crippen LogP contribution in [0.25, 0.3) is 0 Å². The Bertz CT molecular complexity index is 717. The van der Waals surface area contributed by atoms with Gasteiger partial charge in [0.1, 0.15) is 11.4 Å². The molecule has 0 spiro atoms. The van der Waals surface area contributed by atoms with Gasteiger partial charge >= 0.3 is 0 Å². The predicted octanol–water partition coefficient (Wildman–Crippen LogP) is 2.86. The van der Waals surface area contributed by atoms with Crippen LogP contribution in [0.5, 0.6) is 5.75 Å². The van der Waals surface area contributed by atoms with Crippen molar-refractivity contribution in [3.05, 3.63) is 53.3 Å². The minimum atomic E-state index is -0.0376. The Morgan fingerprint density at radius 2 is 2.12 bits per heavy atom. The first kappa shape index (κ1) is 16.6. The van der Waals surface area contributed by atoms with Crippen LogP contribution in [0.1, 0.15) is 34.6 Å². The summed E-state index contributed by atoms with van der Waals surface area (Å²) >= 11 is 0. The van der Waals surface area contributed by atoms with Crippen LogP contribution in [0.4, 0.5) is 0 Å². The Labute approximate surface area is 142 Å². The van der Waals surface area contributed by atoms with Gasteiger partial charge in [0.25, 0.3) is 5.91 Å². The summed E-state index contributed by atoms with van der Waals surface area (Å²) in [4.78, 5) is 14.8. The number of carbonyl (C=O) groups excluding carboxylic acids is 1. The molecule has 1 aliphatic heterocycles. The third-order valence-electron chi connectivity index (χ3n) is 4.68. The van der Waals surface area contributed by atoms with Crippen LogP contribution < -0.4 is 0 Å². The molecule has 1 aromatic heterocycles. The number of nitrogens with zero attached hydrogens (tertiary/aromatic N) is 2. The van der Waals surface area contributed by atoms with E-state index in [0.717, 1.165) is 30.7 Å². The molecule has 3 rings (SSSR count). The van der Waals surface area contributed by atoms with Gasteiger partial charge in [0.05, 0.1) is 6.10 Å². The zero-order chi connectivity index (χ0) is 17.1. The van der Waals surface area contributed by atoms with Crippen molar-refractivity contribution in [2.24, 2.45) is 7.05 Å². The second-order valence-electron chi connectivity index (χ2n) is 6.37. The molecule has 1 atom stereocenters. The van der Waals surface area contributed by atoms with Crippen LogP contribution in [-0.2, 0) is 18.3 Å². The summed E-state index contributed by atoms with van der Waals surface area (Å²) in [5.41, 5.74) is 2.44. The van der Waals surface area contributed by atoms with Crippen molar-refractivity contribution in [2.75, 3.05) is 13.2 Å². The summed E-state index contributed by atoms with van der Waals surface area (Å²) in [6.45, 7) is 3.64. The molecule has 24 heavy (non-hydrogen) atoms. The standard InChI is InChI=1S/C19H24N2O3/c1-14-9-10-17(20(14)2)19(23)21(13-16-7-5-11-24-16)12-15-6-3-4-8-18(15)22/h3-4,6,8-10,16,22H,5,7,11-13H2,1-2H3. The summed E-state index contributed by atoms with van der Waals surface area (Å²) in [6.07, 6.45) is 2.07. The van der Waals surface area contributed by atoms with Gasteiger partial charge in [0, 0.05) is 38.0 Å². The second kappa shape index (κ2) is 7.09. The molecule has 1 unspecified atom stereocenters. The number of rotatable bonds is 5. The molecule has 0 saturated carbocycles. The molecule has 0 bridgehead atoms. The number of hydrogen-bond donors (Lipinski definition) is 1. The molecule has 2 aromatic rings. The highest BCUT2D eigenvalue weighted by molar-refractivity contribution is 5.93. The zero-order valence-electron chi connectivity index (χ0n) is 14.2. The minimum Gasteiger partial charge on any atom is -0.508 e. The van der Waals surface area contributed by atoms with Crippen LogP contribution in [0.15, 0.2) is 36.4 Å². The fraction of sp³-hybridized carbons (Fsp3) is 0.421. The van der Waals surface area contributed by atoms with E-state index in [-0.39, 0.29) is 17.8 Å². The number of aryl methyl sites for hydroxylation is 1. The topological polar surface area (TPSA) is 54.7 Å². The number of para-hydroxylation sites is 1. The molecule has 0 aliphatic carbocycles. The number of aromatic nitrogens is 1. The fourth-order valence-corrected chi connectivity index (χ4v) is 3.09. The van der Waals surface area contributed by atoms with Gasteiger partial charge in [-0.3, -0.25) is 4.79 Å². The SMILES string of the molecule is Cc1ccc(C(=O)N(Cc2ccccc2O)CC2CCCO2)n1C. The van der Waals surface area contributed by atoms with Gasteiger partial charge < -0.3 is 19.3 Å². The maximum absolute atomic E-state index is 13.1. The van der Waals surface area contributed by atoms with Crippen molar-refractivity contribution in [3.63, 3.8) is 0 Å². The average molecular weight is 328 g/mol. The Morgan fingerprint density at radius 1 is 1.33 bits per heavy atom. The highest BCUT2D eigenvalue weighted by Crippen LogP contribution is 2.22. The third-order valence-corrected chi connectivity index (χ3v) is 4.68. The molecule has 128 valence electrons. The van der Waals surface area contributed by atoms with Crippen LogP contribution >= 0.6 is 0 Å². The number of ether oxygens (including phenoxy) is 1. The molecular formula is C19H24N2O3. The molecule has 0 radical (unpaired) electrons. The lowest BCUT2D eigenvalue weighted by Crippen LogP contribution is -2.37. The third kappa shape index (κ3) is 3.46. The number of benzene rings is 1. The molecule has 1 aliphatic rings. The maximum Gasteiger partial charge on any atom is 0.270 e. The molecule has 5 heteroatoms. The highest BCUT2D eigenvalue weighted by atomic mass is 16.5. The monoisotopic (exact) mass is 328 g/mol. The fourth-order valence-electron chi connectivity index (χ4n) is 3.09. The molecule has 1 saturated heterocycles. The smallest absolute Gasteiger partial charge is 0.270 e. The van der Waals surface area contributed by atoms with Crippen LogP contribution in [-0.4, -0.2) is 39.7 Å². The first-order valence-electron chi connectivity index (χ1n) is 8.36. The number of amides is 1. The van der Waals surface area contributed by atoms with E-state index in [0.29, 0.717) is 18.8 Å². The maximum atomic E-state index is 13.1. The van der Waals surface area contributed by atoms with Gasteiger partial charge in [0.2, 0.25) is 0 Å². The molecule has 1 aromatic carbocycles. The number of phenols is 1. The van der Waals surface area contributed by atoms with E-state index < -0.39 is 0 Å². The first-order chi connectivity index (χ1) is 11.6. The van der Waals surface area contributed by atoms with Crippen LogP contribution in [0.2, 0.25) is 0 Å². The van der Waals surface area contributed by atoms with Crippen molar-refractivity contribution in [1.82, 2.24) is 9.47 Å². The first-order valence-corrected chi connectivity index (χ1v) is 8.36. The van der Waals surface area contributed by atoms with E-state index in [1.165, 1.54) is 0 Å². The van der Waals surface area contributed by atoms with E-state index in [1.807, 2.05) is 42.8 Å². The zero-order valence-corrected chi connectivity index (χ0v) is 14.2. The van der Waals surface area contributed by atoms with E-state index in [2.05, 4.69) is 0 Å². The summed E-state index contributed by atoms with van der Waals surface area (Å²) in [5, 5.41) is 10.1. The summed E-state index contributed by atoms with van der Waals surface area (Å²) in [5.74, 6) is 0.176. The second-order valence-corrected chi connectivity index (χ2v) is 6.37. The average Bonchev–Trinajstić information content (AvgIpc) is 3.19. The minimum absolute atomic E-state index is 0.0376. The Kier molecular flexibility index (Phi) is 4.90. The van der Waals surface area contributed by atoms with Gasteiger partial charge in [-0.1, -0.05) is 18.2 Å². The van der Waals surface area contributed by atoms with E-state index in [1.54, 1.807) is 17.0 Å². The van der Waals surface area contributed by atoms with Crippen molar-refractivity contribution in [1.29, 1.82) is 0 Å². The van der Waals surface area contributed by atoms with Crippen LogP contribution in [0.3, 0.4) is 0 Å². The normalized spacial score (nSPS) is 17.2. The molecule has 1 N–H and O–H groups in total. The van der Waals surface area contributed by atoms with E-state index in [4.69, 9.17) is 4.74 Å². The molecule has 5 nitrogen and oxygen atoms in total. The summed E-state index contributed by atoms with van der Waals surface area (Å²) in [6, 6.07) is 10.9. The molecule has 2 heterocycles.